The highest BCUT2D eigenvalue weighted by Crippen LogP contribution is 2.27. The molecule has 0 radical (unpaired) electrons. The molecule has 0 fully saturated rings. The van der Waals surface area contributed by atoms with Crippen molar-refractivity contribution >= 4 is 5.88 Å². The number of aromatic nitrogens is 1. The summed E-state index contributed by atoms with van der Waals surface area (Å²) >= 11 is 0. The van der Waals surface area contributed by atoms with Crippen molar-refractivity contribution < 1.29 is 9.63 Å². The number of nitrogen functional groups attached to an aromatic ring is 1. The molecule has 2 aromatic rings. The van der Waals surface area contributed by atoms with Gasteiger partial charge in [-0.05, 0) is 24.1 Å². The zero-order chi connectivity index (χ0) is 10.8. The number of nitrogens with zero attached hydrogens (tertiary/aromatic N) is 1. The molecule has 78 valence electrons. The zero-order valence-corrected chi connectivity index (χ0v) is 8.34. The van der Waals surface area contributed by atoms with Crippen LogP contribution in [0.5, 0.6) is 0 Å². The smallest absolute Gasteiger partial charge is 0.229 e. The summed E-state index contributed by atoms with van der Waals surface area (Å²) in [5, 5.41) is 13.1. The summed E-state index contributed by atoms with van der Waals surface area (Å²) in [5.74, 6) is 0.290. The molecule has 4 heteroatoms. The molecule has 0 spiro atoms. The molecule has 3 N–H and O–H groups in total. The molecule has 0 aliphatic rings. The largest absolute Gasteiger partial charge is 0.389 e. The summed E-state index contributed by atoms with van der Waals surface area (Å²) in [6.07, 6.45) is 1.07. The van der Waals surface area contributed by atoms with Crippen LogP contribution in [0.4, 0.5) is 5.88 Å². The molecule has 2 rings (SSSR count). The van der Waals surface area contributed by atoms with E-state index in [9.17, 15) is 5.11 Å². The Bertz CT molecular complexity index is 463. The molecule has 4 nitrogen and oxygen atoms in total. The van der Waals surface area contributed by atoms with Gasteiger partial charge < -0.3 is 15.4 Å². The molecular weight excluding hydrogens is 192 g/mol. The molecule has 0 amide bonds. The van der Waals surface area contributed by atoms with Crippen LogP contribution in [0, 0.1) is 0 Å². The van der Waals surface area contributed by atoms with Crippen molar-refractivity contribution in [1.82, 2.24) is 5.16 Å². The lowest BCUT2D eigenvalue weighted by atomic mass is 10.0. The first-order valence-electron chi connectivity index (χ1n) is 4.67. The Balaban J connectivity index is 2.46. The van der Waals surface area contributed by atoms with Crippen LogP contribution < -0.4 is 5.73 Å². The monoisotopic (exact) mass is 204 g/mol. The first-order valence-corrected chi connectivity index (χ1v) is 4.67. The molecule has 1 aromatic heterocycles. The van der Waals surface area contributed by atoms with Gasteiger partial charge in [0.1, 0.15) is 0 Å². The van der Waals surface area contributed by atoms with E-state index in [4.69, 9.17) is 10.3 Å². The predicted molar refractivity (Wildman–Crippen MR) is 57.0 cm³/mol. The summed E-state index contributed by atoms with van der Waals surface area (Å²) in [7, 11) is 0. The lowest BCUT2D eigenvalue weighted by Gasteiger charge is -2.06. The molecule has 0 aliphatic heterocycles. The minimum absolute atomic E-state index is 0.290. The lowest BCUT2D eigenvalue weighted by Crippen LogP contribution is -1.91. The number of rotatable bonds is 2. The standard InChI is InChI=1S/C11H12N2O2/c1-7(14)8-3-2-4-9(5-8)10-6-13-15-11(10)12/h2-7,14H,12H2,1H3. The Kier molecular flexibility index (Phi) is 2.43. The van der Waals surface area contributed by atoms with Gasteiger partial charge in [0.25, 0.3) is 0 Å². The number of anilines is 1. The average molecular weight is 204 g/mol. The fourth-order valence-corrected chi connectivity index (χ4v) is 1.43. The highest BCUT2D eigenvalue weighted by atomic mass is 16.5. The van der Waals surface area contributed by atoms with Crippen molar-refractivity contribution in [2.45, 2.75) is 13.0 Å². The Morgan fingerprint density at radius 2 is 2.27 bits per heavy atom. The Hall–Kier alpha value is -1.81. The van der Waals surface area contributed by atoms with E-state index in [1.807, 2.05) is 24.3 Å². The van der Waals surface area contributed by atoms with Crippen molar-refractivity contribution in [3.8, 4) is 11.1 Å². The van der Waals surface area contributed by atoms with Gasteiger partial charge in [-0.25, -0.2) is 0 Å². The van der Waals surface area contributed by atoms with Gasteiger partial charge >= 0.3 is 0 Å². The maximum Gasteiger partial charge on any atom is 0.229 e. The summed E-state index contributed by atoms with van der Waals surface area (Å²) in [4.78, 5) is 0. The number of aliphatic hydroxyl groups excluding tert-OH is 1. The van der Waals surface area contributed by atoms with Gasteiger partial charge in [-0.3, -0.25) is 0 Å². The predicted octanol–water partition coefficient (Wildman–Crippen LogP) is 1.98. The molecule has 15 heavy (non-hydrogen) atoms. The molecule has 1 atom stereocenters. The fraction of sp³-hybridized carbons (Fsp3) is 0.182. The summed E-state index contributed by atoms with van der Waals surface area (Å²) in [5.41, 5.74) is 8.09. The van der Waals surface area contributed by atoms with Gasteiger partial charge in [0.2, 0.25) is 5.88 Å². The highest BCUT2D eigenvalue weighted by Gasteiger charge is 2.08. The number of benzene rings is 1. The summed E-state index contributed by atoms with van der Waals surface area (Å²) < 4.78 is 4.78. The van der Waals surface area contributed by atoms with Crippen LogP contribution in [0.15, 0.2) is 35.0 Å². The van der Waals surface area contributed by atoms with Crippen LogP contribution in [-0.2, 0) is 0 Å². The Morgan fingerprint density at radius 3 is 2.87 bits per heavy atom. The van der Waals surface area contributed by atoms with E-state index in [-0.39, 0.29) is 5.88 Å². The van der Waals surface area contributed by atoms with Crippen molar-refractivity contribution in [3.05, 3.63) is 36.0 Å². The fourth-order valence-electron chi connectivity index (χ4n) is 1.43. The van der Waals surface area contributed by atoms with Crippen molar-refractivity contribution in [1.29, 1.82) is 0 Å². The van der Waals surface area contributed by atoms with Crippen molar-refractivity contribution in [2.75, 3.05) is 5.73 Å². The van der Waals surface area contributed by atoms with Crippen LogP contribution >= 0.6 is 0 Å². The second-order valence-corrected chi connectivity index (χ2v) is 3.41. The number of aliphatic hydroxyl groups is 1. The molecule has 1 aromatic carbocycles. The van der Waals surface area contributed by atoms with E-state index in [1.54, 1.807) is 13.1 Å². The van der Waals surface area contributed by atoms with Gasteiger partial charge in [-0.2, -0.15) is 0 Å². The van der Waals surface area contributed by atoms with Crippen LogP contribution in [0.3, 0.4) is 0 Å². The number of hydrogen-bond acceptors (Lipinski definition) is 4. The second-order valence-electron chi connectivity index (χ2n) is 3.41. The van der Waals surface area contributed by atoms with Crippen LogP contribution in [0.2, 0.25) is 0 Å². The van der Waals surface area contributed by atoms with Crippen molar-refractivity contribution in [3.63, 3.8) is 0 Å². The van der Waals surface area contributed by atoms with Gasteiger partial charge in [-0.1, -0.05) is 23.4 Å². The zero-order valence-electron chi connectivity index (χ0n) is 8.34. The third kappa shape index (κ3) is 1.85. The third-order valence-corrected chi connectivity index (χ3v) is 2.28. The lowest BCUT2D eigenvalue weighted by molar-refractivity contribution is 0.199. The normalized spacial score (nSPS) is 12.7. The Morgan fingerprint density at radius 1 is 1.47 bits per heavy atom. The quantitative estimate of drug-likeness (QED) is 0.784. The molecule has 0 saturated carbocycles. The summed E-state index contributed by atoms with van der Waals surface area (Å²) in [6, 6.07) is 7.49. The molecule has 0 bridgehead atoms. The van der Waals surface area contributed by atoms with Crippen molar-refractivity contribution in [2.24, 2.45) is 0 Å². The van der Waals surface area contributed by atoms with Crippen LogP contribution in [-0.4, -0.2) is 10.3 Å². The maximum absolute atomic E-state index is 9.44. The maximum atomic E-state index is 9.44. The van der Waals surface area contributed by atoms with E-state index >= 15 is 0 Å². The van der Waals surface area contributed by atoms with E-state index in [1.165, 1.54) is 0 Å². The van der Waals surface area contributed by atoms with Crippen LogP contribution in [0.25, 0.3) is 11.1 Å². The first kappa shape index (κ1) is 9.73. The first-order chi connectivity index (χ1) is 7.18. The van der Waals surface area contributed by atoms with E-state index in [0.29, 0.717) is 0 Å². The van der Waals surface area contributed by atoms with Gasteiger partial charge in [0, 0.05) is 0 Å². The molecule has 1 unspecified atom stereocenters. The van der Waals surface area contributed by atoms with E-state index in [0.717, 1.165) is 16.7 Å². The van der Waals surface area contributed by atoms with Gasteiger partial charge in [0.15, 0.2) is 0 Å². The second kappa shape index (κ2) is 3.74. The molecule has 1 heterocycles. The minimum atomic E-state index is -0.494. The van der Waals surface area contributed by atoms with Crippen LogP contribution in [0.1, 0.15) is 18.6 Å². The topological polar surface area (TPSA) is 72.3 Å². The van der Waals surface area contributed by atoms with Gasteiger partial charge in [0.05, 0.1) is 17.9 Å². The molecular formula is C11H12N2O2. The highest BCUT2D eigenvalue weighted by molar-refractivity contribution is 5.72. The molecule has 0 saturated heterocycles. The van der Waals surface area contributed by atoms with E-state index in [2.05, 4.69) is 5.16 Å². The molecule has 0 aliphatic carbocycles. The summed E-state index contributed by atoms with van der Waals surface area (Å²) in [6.45, 7) is 1.72. The number of hydrogen-bond donors (Lipinski definition) is 2. The van der Waals surface area contributed by atoms with Gasteiger partial charge in [-0.15, -0.1) is 0 Å². The number of nitrogens with two attached hydrogens (primary N) is 1. The third-order valence-electron chi connectivity index (χ3n) is 2.28. The minimum Gasteiger partial charge on any atom is -0.389 e. The average Bonchev–Trinajstić information content (AvgIpc) is 2.64. The SMILES string of the molecule is CC(O)c1cccc(-c2cnoc2N)c1. The Labute approximate surface area is 87.3 Å². The van der Waals surface area contributed by atoms with E-state index < -0.39 is 6.10 Å².